The lowest BCUT2D eigenvalue weighted by Crippen LogP contribution is -2.20. The third-order valence-electron chi connectivity index (χ3n) is 3.15. The van der Waals surface area contributed by atoms with Gasteiger partial charge in [0.25, 0.3) is 5.91 Å². The van der Waals surface area contributed by atoms with Gasteiger partial charge >= 0.3 is 0 Å². The molecule has 0 saturated carbocycles. The van der Waals surface area contributed by atoms with E-state index in [9.17, 15) is 4.79 Å². The topological polar surface area (TPSA) is 75.0 Å². The molecule has 1 amide bonds. The summed E-state index contributed by atoms with van der Waals surface area (Å²) in [7, 11) is 0. The van der Waals surface area contributed by atoms with Gasteiger partial charge in [0.05, 0.1) is 20.8 Å². The Bertz CT molecular complexity index is 912. The van der Waals surface area contributed by atoms with E-state index in [2.05, 4.69) is 10.3 Å². The molecule has 0 unspecified atom stereocenters. The van der Waals surface area contributed by atoms with Crippen molar-refractivity contribution in [1.82, 2.24) is 4.98 Å². The summed E-state index contributed by atoms with van der Waals surface area (Å²) in [5.74, 6) is 0.122. The Balaban J connectivity index is 1.65. The summed E-state index contributed by atoms with van der Waals surface area (Å²) in [4.78, 5) is 16.4. The zero-order valence-electron chi connectivity index (χ0n) is 12.4. The quantitative estimate of drug-likeness (QED) is 0.797. The lowest BCUT2D eigenvalue weighted by molar-refractivity contribution is -0.118. The minimum absolute atomic E-state index is 0.154. The van der Waals surface area contributed by atoms with Gasteiger partial charge in [-0.1, -0.05) is 12.1 Å². The lowest BCUT2D eigenvalue weighted by Gasteiger charge is -2.08. The molecule has 0 spiro atoms. The van der Waals surface area contributed by atoms with E-state index in [4.69, 9.17) is 10.00 Å². The molecule has 0 saturated heterocycles. The number of thiazole rings is 1. The first-order valence-electron chi connectivity index (χ1n) is 6.94. The average molecular weight is 323 g/mol. The smallest absolute Gasteiger partial charge is 0.262 e. The van der Waals surface area contributed by atoms with Gasteiger partial charge in [0.2, 0.25) is 0 Å². The van der Waals surface area contributed by atoms with Crippen LogP contribution in [0.3, 0.4) is 0 Å². The van der Waals surface area contributed by atoms with Crippen molar-refractivity contribution in [2.75, 3.05) is 11.9 Å². The molecular weight excluding hydrogens is 310 g/mol. The van der Waals surface area contributed by atoms with Crippen molar-refractivity contribution in [2.24, 2.45) is 0 Å². The number of para-hydroxylation sites is 1. The van der Waals surface area contributed by atoms with Gasteiger partial charge in [-0.2, -0.15) is 5.26 Å². The molecule has 1 heterocycles. The number of carbonyl (C=O) groups excluding carboxylic acids is 1. The van der Waals surface area contributed by atoms with Crippen LogP contribution in [0.5, 0.6) is 5.75 Å². The Morgan fingerprint density at radius 3 is 3.00 bits per heavy atom. The maximum atomic E-state index is 12.0. The van der Waals surface area contributed by atoms with Gasteiger partial charge in [-0.25, -0.2) is 4.98 Å². The maximum Gasteiger partial charge on any atom is 0.262 e. The van der Waals surface area contributed by atoms with Gasteiger partial charge in [-0.05, 0) is 37.3 Å². The fourth-order valence-electron chi connectivity index (χ4n) is 2.14. The van der Waals surface area contributed by atoms with Crippen LogP contribution in [-0.4, -0.2) is 17.5 Å². The SMILES string of the molecule is Cc1nc2ccc(NC(=O)COc3ccccc3C#N)cc2s1. The molecule has 1 N–H and O–H groups in total. The number of fused-ring (bicyclic) bond motifs is 1. The highest BCUT2D eigenvalue weighted by Gasteiger charge is 2.08. The Labute approximate surface area is 137 Å². The van der Waals surface area contributed by atoms with E-state index in [0.29, 0.717) is 17.0 Å². The van der Waals surface area contributed by atoms with Crippen LogP contribution in [0.2, 0.25) is 0 Å². The van der Waals surface area contributed by atoms with Gasteiger partial charge < -0.3 is 10.1 Å². The monoisotopic (exact) mass is 323 g/mol. The summed E-state index contributed by atoms with van der Waals surface area (Å²) in [5, 5.41) is 12.8. The summed E-state index contributed by atoms with van der Waals surface area (Å²) in [6.07, 6.45) is 0. The molecule has 3 rings (SSSR count). The first-order valence-corrected chi connectivity index (χ1v) is 7.76. The van der Waals surface area contributed by atoms with Crippen LogP contribution >= 0.6 is 11.3 Å². The molecule has 6 heteroatoms. The van der Waals surface area contributed by atoms with Gasteiger partial charge in [-0.15, -0.1) is 11.3 Å². The van der Waals surface area contributed by atoms with E-state index in [1.807, 2.05) is 31.2 Å². The molecule has 0 aliphatic carbocycles. The number of ether oxygens (including phenoxy) is 1. The first-order chi connectivity index (χ1) is 11.2. The zero-order valence-corrected chi connectivity index (χ0v) is 13.2. The molecule has 0 aliphatic rings. The number of rotatable bonds is 4. The average Bonchev–Trinajstić information content (AvgIpc) is 2.92. The summed E-state index contributed by atoms with van der Waals surface area (Å²) in [6, 6.07) is 14.4. The minimum Gasteiger partial charge on any atom is -0.482 e. The van der Waals surface area contributed by atoms with E-state index >= 15 is 0 Å². The van der Waals surface area contributed by atoms with E-state index in [1.165, 1.54) is 0 Å². The molecule has 23 heavy (non-hydrogen) atoms. The number of nitriles is 1. The van der Waals surface area contributed by atoms with E-state index in [0.717, 1.165) is 15.2 Å². The number of nitrogens with zero attached hydrogens (tertiary/aromatic N) is 2. The standard InChI is InChI=1S/C17H13N3O2S/c1-11-19-14-7-6-13(8-16(14)23-11)20-17(21)10-22-15-5-3-2-4-12(15)9-18/h2-8H,10H2,1H3,(H,20,21). The van der Waals surface area contributed by atoms with Crippen molar-refractivity contribution in [3.05, 3.63) is 53.0 Å². The van der Waals surface area contributed by atoms with Crippen molar-refractivity contribution in [3.63, 3.8) is 0 Å². The minimum atomic E-state index is -0.279. The molecule has 0 radical (unpaired) electrons. The van der Waals surface area contributed by atoms with E-state index in [-0.39, 0.29) is 12.5 Å². The summed E-state index contributed by atoms with van der Waals surface area (Å²) in [6.45, 7) is 1.79. The maximum absolute atomic E-state index is 12.0. The summed E-state index contributed by atoms with van der Waals surface area (Å²) >= 11 is 1.58. The predicted molar refractivity (Wildman–Crippen MR) is 89.6 cm³/mol. The second kappa shape index (κ2) is 6.46. The van der Waals surface area contributed by atoms with Crippen molar-refractivity contribution < 1.29 is 9.53 Å². The van der Waals surface area contributed by atoms with Crippen molar-refractivity contribution in [1.29, 1.82) is 5.26 Å². The van der Waals surface area contributed by atoms with Crippen LogP contribution in [-0.2, 0) is 4.79 Å². The van der Waals surface area contributed by atoms with Crippen LogP contribution in [0.4, 0.5) is 5.69 Å². The van der Waals surface area contributed by atoms with Crippen LogP contribution in [0.15, 0.2) is 42.5 Å². The van der Waals surface area contributed by atoms with Crippen LogP contribution < -0.4 is 10.1 Å². The number of nitrogens with one attached hydrogen (secondary N) is 1. The third kappa shape index (κ3) is 3.47. The number of anilines is 1. The van der Waals surface area contributed by atoms with Gasteiger partial charge in [0.1, 0.15) is 11.8 Å². The van der Waals surface area contributed by atoms with Crippen LogP contribution in [0.1, 0.15) is 10.6 Å². The Kier molecular flexibility index (Phi) is 4.22. The fourth-order valence-corrected chi connectivity index (χ4v) is 3.01. The lowest BCUT2D eigenvalue weighted by atomic mass is 10.2. The highest BCUT2D eigenvalue weighted by Crippen LogP contribution is 2.24. The molecule has 0 fully saturated rings. The number of amides is 1. The zero-order chi connectivity index (χ0) is 16.2. The van der Waals surface area contributed by atoms with Crippen molar-refractivity contribution in [3.8, 4) is 11.8 Å². The molecule has 3 aromatic rings. The van der Waals surface area contributed by atoms with Crippen LogP contribution in [0, 0.1) is 18.3 Å². The van der Waals surface area contributed by atoms with Crippen LogP contribution in [0.25, 0.3) is 10.2 Å². The molecule has 0 aliphatic heterocycles. The number of carbonyl (C=O) groups is 1. The summed E-state index contributed by atoms with van der Waals surface area (Å²) in [5.41, 5.74) is 2.02. The molecule has 114 valence electrons. The highest BCUT2D eigenvalue weighted by atomic mass is 32.1. The molecular formula is C17H13N3O2S. The second-order valence-corrected chi connectivity index (χ2v) is 6.09. The third-order valence-corrected chi connectivity index (χ3v) is 4.08. The predicted octanol–water partition coefficient (Wildman–Crippen LogP) is 3.49. The number of hydrogen-bond acceptors (Lipinski definition) is 5. The molecule has 5 nitrogen and oxygen atoms in total. The first kappa shape index (κ1) is 15.0. The molecule has 2 aromatic carbocycles. The molecule has 1 aromatic heterocycles. The largest absolute Gasteiger partial charge is 0.482 e. The number of benzene rings is 2. The van der Waals surface area contributed by atoms with Crippen molar-refractivity contribution in [2.45, 2.75) is 6.92 Å². The van der Waals surface area contributed by atoms with Gasteiger partial charge in [-0.3, -0.25) is 4.79 Å². The molecule has 0 bridgehead atoms. The van der Waals surface area contributed by atoms with E-state index in [1.54, 1.807) is 35.6 Å². The molecule has 0 atom stereocenters. The highest BCUT2D eigenvalue weighted by molar-refractivity contribution is 7.18. The Hall–Kier alpha value is -2.91. The van der Waals surface area contributed by atoms with E-state index < -0.39 is 0 Å². The van der Waals surface area contributed by atoms with Gasteiger partial charge in [0.15, 0.2) is 6.61 Å². The number of aryl methyl sites for hydroxylation is 1. The second-order valence-electron chi connectivity index (χ2n) is 4.86. The fraction of sp³-hybridized carbons (Fsp3) is 0.118. The van der Waals surface area contributed by atoms with Gasteiger partial charge in [0, 0.05) is 5.69 Å². The Morgan fingerprint density at radius 2 is 2.17 bits per heavy atom. The van der Waals surface area contributed by atoms with Crippen molar-refractivity contribution >= 4 is 33.1 Å². The normalized spacial score (nSPS) is 10.3. The summed E-state index contributed by atoms with van der Waals surface area (Å²) < 4.78 is 6.43. The Morgan fingerprint density at radius 1 is 1.35 bits per heavy atom. The number of hydrogen-bond donors (Lipinski definition) is 1. The number of aromatic nitrogens is 1.